The third kappa shape index (κ3) is 6.54. The monoisotopic (exact) mass is 391 g/mol. The maximum Gasteiger partial charge on any atom is 0.168 e. The molecule has 0 radical (unpaired) electrons. The van der Waals surface area contributed by atoms with Crippen LogP contribution in [0.4, 0.5) is 4.39 Å². The van der Waals surface area contributed by atoms with Crippen LogP contribution in [0.15, 0.2) is 57.8 Å². The van der Waals surface area contributed by atoms with Crippen LogP contribution in [0.1, 0.15) is 39.5 Å². The number of allylic oxidation sites excluding steroid dienone is 3. The van der Waals surface area contributed by atoms with Gasteiger partial charge in [0.1, 0.15) is 18.2 Å². The number of Topliss-reactive ketones (excluding diaryl/α,β-unsaturated/α-hetero) is 1. The molecule has 0 bridgehead atoms. The van der Waals surface area contributed by atoms with Crippen molar-refractivity contribution in [2.24, 2.45) is 11.1 Å². The molecule has 1 aliphatic rings. The number of aliphatic hydroxyl groups is 1. The van der Waals surface area contributed by atoms with E-state index in [0.29, 0.717) is 37.2 Å². The highest BCUT2D eigenvalue weighted by Crippen LogP contribution is 2.31. The standard InChI is InChI=1S/C21H26FNO3S/c1-3-5-11-26-23-18(4-2)21-19(24)13-15(14-20(21)25)10-12-27-17-8-6-16(22)7-9-17/h3,5-9,15,24H,4,10-14H2,1-2H3/b5-3+,23-18?. The predicted octanol–water partition coefficient (Wildman–Crippen LogP) is 5.46. The quantitative estimate of drug-likeness (QED) is 0.200. The Bertz CT molecular complexity index is 725. The molecule has 0 amide bonds. The van der Waals surface area contributed by atoms with Gasteiger partial charge in [0.15, 0.2) is 5.78 Å². The van der Waals surface area contributed by atoms with Gasteiger partial charge in [0.25, 0.3) is 0 Å². The Balaban J connectivity index is 1.93. The number of benzene rings is 1. The van der Waals surface area contributed by atoms with E-state index in [2.05, 4.69) is 5.16 Å². The van der Waals surface area contributed by atoms with Crippen LogP contribution < -0.4 is 0 Å². The van der Waals surface area contributed by atoms with Gasteiger partial charge < -0.3 is 9.94 Å². The second-order valence-corrected chi connectivity index (χ2v) is 7.53. The van der Waals surface area contributed by atoms with Crippen molar-refractivity contribution >= 4 is 23.3 Å². The predicted molar refractivity (Wildman–Crippen MR) is 108 cm³/mol. The highest BCUT2D eigenvalue weighted by Gasteiger charge is 2.30. The first kappa shape index (κ1) is 21.2. The lowest BCUT2D eigenvalue weighted by Crippen LogP contribution is -2.25. The smallest absolute Gasteiger partial charge is 0.168 e. The average Bonchev–Trinajstić information content (AvgIpc) is 2.64. The number of hydrogen-bond donors (Lipinski definition) is 1. The van der Waals surface area contributed by atoms with E-state index in [0.717, 1.165) is 17.1 Å². The Hall–Kier alpha value is -2.08. The molecule has 1 aromatic rings. The molecule has 0 fully saturated rings. The van der Waals surface area contributed by atoms with Crippen LogP contribution in [0.2, 0.25) is 0 Å². The molecule has 6 heteroatoms. The number of carbonyl (C=O) groups is 1. The Labute approximate surface area is 164 Å². The van der Waals surface area contributed by atoms with E-state index in [1.54, 1.807) is 23.9 Å². The van der Waals surface area contributed by atoms with E-state index in [9.17, 15) is 14.3 Å². The Kier molecular flexibility index (Phi) is 8.58. The topological polar surface area (TPSA) is 58.9 Å². The van der Waals surface area contributed by atoms with Crippen LogP contribution in [0, 0.1) is 11.7 Å². The van der Waals surface area contributed by atoms with Crippen LogP contribution in [0.5, 0.6) is 0 Å². The number of thioether (sulfide) groups is 1. The minimum absolute atomic E-state index is 0.0780. The molecule has 2 rings (SSSR count). The highest BCUT2D eigenvalue weighted by molar-refractivity contribution is 7.99. The van der Waals surface area contributed by atoms with E-state index >= 15 is 0 Å². The van der Waals surface area contributed by atoms with Crippen molar-refractivity contribution in [1.82, 2.24) is 0 Å². The van der Waals surface area contributed by atoms with E-state index in [4.69, 9.17) is 4.84 Å². The van der Waals surface area contributed by atoms with Crippen LogP contribution in [0.25, 0.3) is 0 Å². The van der Waals surface area contributed by atoms with Gasteiger partial charge in [-0.1, -0.05) is 18.2 Å². The maximum atomic E-state index is 12.9. The summed E-state index contributed by atoms with van der Waals surface area (Å²) in [5.74, 6) is 0.705. The molecular formula is C21H26FNO3S. The molecule has 0 aromatic heterocycles. The van der Waals surface area contributed by atoms with Crippen LogP contribution in [-0.4, -0.2) is 29.0 Å². The first-order valence-corrected chi connectivity index (χ1v) is 10.2. The van der Waals surface area contributed by atoms with Crippen molar-refractivity contribution in [2.45, 2.75) is 44.4 Å². The lowest BCUT2D eigenvalue weighted by Gasteiger charge is -2.23. The molecule has 0 aliphatic heterocycles. The molecule has 4 nitrogen and oxygen atoms in total. The number of hydrogen-bond acceptors (Lipinski definition) is 5. The molecule has 1 unspecified atom stereocenters. The minimum Gasteiger partial charge on any atom is -0.511 e. The molecule has 1 atom stereocenters. The van der Waals surface area contributed by atoms with Gasteiger partial charge >= 0.3 is 0 Å². The zero-order chi connectivity index (χ0) is 19.6. The molecule has 1 N–H and O–H groups in total. The number of ketones is 1. The fourth-order valence-corrected chi connectivity index (χ4v) is 3.94. The molecule has 0 saturated carbocycles. The molecule has 1 aromatic carbocycles. The fourth-order valence-electron chi connectivity index (χ4n) is 2.92. The third-order valence-electron chi connectivity index (χ3n) is 4.34. The Morgan fingerprint density at radius 2 is 2.11 bits per heavy atom. The second kappa shape index (κ2) is 10.9. The van der Waals surface area contributed by atoms with Crippen molar-refractivity contribution in [3.05, 3.63) is 53.6 Å². The lowest BCUT2D eigenvalue weighted by atomic mass is 9.83. The number of carbonyl (C=O) groups excluding carboxylic acids is 1. The molecule has 27 heavy (non-hydrogen) atoms. The van der Waals surface area contributed by atoms with E-state index in [1.165, 1.54) is 12.1 Å². The first-order valence-electron chi connectivity index (χ1n) is 9.19. The number of rotatable bonds is 9. The fraction of sp³-hybridized carbons (Fsp3) is 0.429. The van der Waals surface area contributed by atoms with Gasteiger partial charge in [-0.05, 0) is 61.8 Å². The average molecular weight is 392 g/mol. The molecule has 0 heterocycles. The number of oxime groups is 1. The number of nitrogens with zero attached hydrogens (tertiary/aromatic N) is 1. The van der Waals surface area contributed by atoms with Crippen LogP contribution in [-0.2, 0) is 9.63 Å². The zero-order valence-electron chi connectivity index (χ0n) is 15.8. The van der Waals surface area contributed by atoms with Crippen molar-refractivity contribution < 1.29 is 19.1 Å². The summed E-state index contributed by atoms with van der Waals surface area (Å²) < 4.78 is 12.9. The summed E-state index contributed by atoms with van der Waals surface area (Å²) in [6, 6.07) is 6.38. The summed E-state index contributed by atoms with van der Waals surface area (Å²) >= 11 is 1.63. The Morgan fingerprint density at radius 1 is 1.37 bits per heavy atom. The highest BCUT2D eigenvalue weighted by atomic mass is 32.2. The van der Waals surface area contributed by atoms with Crippen molar-refractivity contribution in [3.63, 3.8) is 0 Å². The molecule has 1 aliphatic carbocycles. The van der Waals surface area contributed by atoms with Crippen LogP contribution >= 0.6 is 11.8 Å². The third-order valence-corrected chi connectivity index (χ3v) is 5.38. The maximum absolute atomic E-state index is 12.9. The number of halogens is 1. The molecule has 146 valence electrons. The zero-order valence-corrected chi connectivity index (χ0v) is 16.6. The van der Waals surface area contributed by atoms with E-state index in [-0.39, 0.29) is 23.3 Å². The summed E-state index contributed by atoms with van der Waals surface area (Å²) in [5.41, 5.74) is 0.821. The van der Waals surface area contributed by atoms with Gasteiger partial charge in [-0.25, -0.2) is 4.39 Å². The summed E-state index contributed by atoms with van der Waals surface area (Å²) in [5, 5.41) is 14.5. The van der Waals surface area contributed by atoms with Crippen molar-refractivity contribution in [3.8, 4) is 0 Å². The summed E-state index contributed by atoms with van der Waals surface area (Å²) in [6.07, 6.45) is 5.88. The molecular weight excluding hydrogens is 365 g/mol. The van der Waals surface area contributed by atoms with Gasteiger partial charge in [-0.3, -0.25) is 4.79 Å². The summed E-state index contributed by atoms with van der Waals surface area (Å²) in [4.78, 5) is 18.8. The normalized spacial score (nSPS) is 18.4. The number of aliphatic hydroxyl groups excluding tert-OH is 1. The second-order valence-electron chi connectivity index (χ2n) is 6.37. The largest absolute Gasteiger partial charge is 0.511 e. The summed E-state index contributed by atoms with van der Waals surface area (Å²) in [7, 11) is 0. The SMILES string of the molecule is C/C=C/CON=C(CC)C1=C(O)CC(CCSc2ccc(F)cc2)CC1=O. The lowest BCUT2D eigenvalue weighted by molar-refractivity contribution is -0.116. The van der Waals surface area contributed by atoms with Crippen molar-refractivity contribution in [2.75, 3.05) is 12.4 Å². The van der Waals surface area contributed by atoms with Gasteiger partial charge in [0.05, 0.1) is 11.3 Å². The molecule has 0 spiro atoms. The van der Waals surface area contributed by atoms with E-state index < -0.39 is 0 Å². The van der Waals surface area contributed by atoms with Crippen molar-refractivity contribution in [1.29, 1.82) is 0 Å². The van der Waals surface area contributed by atoms with Gasteiger partial charge in [0, 0.05) is 17.7 Å². The van der Waals surface area contributed by atoms with E-state index in [1.807, 2.05) is 26.0 Å². The Morgan fingerprint density at radius 3 is 2.74 bits per heavy atom. The first-order chi connectivity index (χ1) is 13.0. The van der Waals surface area contributed by atoms with Gasteiger partial charge in [-0.2, -0.15) is 0 Å². The van der Waals surface area contributed by atoms with Gasteiger partial charge in [0.2, 0.25) is 0 Å². The van der Waals surface area contributed by atoms with Gasteiger partial charge in [-0.15, -0.1) is 11.8 Å². The van der Waals surface area contributed by atoms with Crippen LogP contribution in [0.3, 0.4) is 0 Å². The minimum atomic E-state index is -0.247. The molecule has 0 saturated heterocycles. The summed E-state index contributed by atoms with van der Waals surface area (Å²) in [6.45, 7) is 4.11.